The summed E-state index contributed by atoms with van der Waals surface area (Å²) in [5.74, 6) is 1.04. The van der Waals surface area contributed by atoms with Crippen LogP contribution in [0.5, 0.6) is 0 Å². The Hall–Kier alpha value is -0.820. The molecule has 0 saturated heterocycles. The Kier molecular flexibility index (Phi) is 3.31. The fourth-order valence-corrected chi connectivity index (χ4v) is 2.85. The van der Waals surface area contributed by atoms with Crippen LogP contribution in [-0.4, -0.2) is 11.2 Å². The summed E-state index contributed by atoms with van der Waals surface area (Å²) in [6.07, 6.45) is 1.94. The van der Waals surface area contributed by atoms with Gasteiger partial charge in [-0.2, -0.15) is 0 Å². The Morgan fingerprint density at radius 1 is 1.18 bits per heavy atom. The predicted octanol–water partition coefficient (Wildman–Crippen LogP) is 3.86. The number of aliphatic hydroxyl groups is 1. The molecular formula is C16H24O. The van der Waals surface area contributed by atoms with Gasteiger partial charge in [0.15, 0.2) is 0 Å². The topological polar surface area (TPSA) is 20.2 Å². The lowest BCUT2D eigenvalue weighted by atomic mass is 9.66. The van der Waals surface area contributed by atoms with Crippen molar-refractivity contribution in [3.8, 4) is 0 Å². The minimum absolute atomic E-state index is 0.0766. The molecule has 1 aromatic carbocycles. The number of hydrogen-bond acceptors (Lipinski definition) is 1. The third-order valence-corrected chi connectivity index (χ3v) is 4.18. The minimum atomic E-state index is -0.0766. The SMILES string of the molecule is CCC1C(O)CC1c1ccc(C(C)(C)C)cc1. The molecule has 0 amide bonds. The molecule has 1 N–H and O–H groups in total. The molecule has 1 aliphatic rings. The van der Waals surface area contributed by atoms with Crippen LogP contribution in [0.2, 0.25) is 0 Å². The fourth-order valence-electron chi connectivity index (χ4n) is 2.85. The quantitative estimate of drug-likeness (QED) is 0.821. The Bertz CT molecular complexity index is 372. The molecule has 1 nitrogen and oxygen atoms in total. The third-order valence-electron chi connectivity index (χ3n) is 4.18. The van der Waals surface area contributed by atoms with Gasteiger partial charge in [-0.15, -0.1) is 0 Å². The van der Waals surface area contributed by atoms with Gasteiger partial charge in [-0.3, -0.25) is 0 Å². The molecule has 0 radical (unpaired) electrons. The number of benzene rings is 1. The summed E-state index contributed by atoms with van der Waals surface area (Å²) in [6, 6.07) is 8.99. The first-order valence-corrected chi connectivity index (χ1v) is 6.72. The first-order valence-electron chi connectivity index (χ1n) is 6.72. The highest BCUT2D eigenvalue weighted by molar-refractivity contribution is 5.31. The summed E-state index contributed by atoms with van der Waals surface area (Å²) >= 11 is 0. The Labute approximate surface area is 105 Å². The summed E-state index contributed by atoms with van der Waals surface area (Å²) in [4.78, 5) is 0. The zero-order valence-corrected chi connectivity index (χ0v) is 11.4. The first kappa shape index (κ1) is 12.6. The standard InChI is InChI=1S/C16H24O/c1-5-13-14(10-15(13)17)11-6-8-12(9-7-11)16(2,3)4/h6-9,13-15,17H,5,10H2,1-4H3. The third kappa shape index (κ3) is 2.40. The van der Waals surface area contributed by atoms with Gasteiger partial charge in [-0.25, -0.2) is 0 Å². The minimum Gasteiger partial charge on any atom is -0.393 e. The Morgan fingerprint density at radius 3 is 2.18 bits per heavy atom. The second-order valence-electron chi connectivity index (χ2n) is 6.35. The van der Waals surface area contributed by atoms with E-state index in [0.717, 1.165) is 12.8 Å². The van der Waals surface area contributed by atoms with Crippen LogP contribution in [0.3, 0.4) is 0 Å². The van der Waals surface area contributed by atoms with Gasteiger partial charge in [0.1, 0.15) is 0 Å². The molecule has 17 heavy (non-hydrogen) atoms. The monoisotopic (exact) mass is 232 g/mol. The Balaban J connectivity index is 2.14. The molecule has 0 spiro atoms. The van der Waals surface area contributed by atoms with Crippen molar-refractivity contribution < 1.29 is 5.11 Å². The van der Waals surface area contributed by atoms with Crippen molar-refractivity contribution in [3.05, 3.63) is 35.4 Å². The van der Waals surface area contributed by atoms with E-state index in [1.165, 1.54) is 11.1 Å². The van der Waals surface area contributed by atoms with Crippen LogP contribution < -0.4 is 0 Å². The summed E-state index contributed by atoms with van der Waals surface area (Å²) in [5.41, 5.74) is 3.01. The summed E-state index contributed by atoms with van der Waals surface area (Å²) in [5, 5.41) is 9.72. The van der Waals surface area contributed by atoms with Gasteiger partial charge in [0.2, 0.25) is 0 Å². The van der Waals surface area contributed by atoms with E-state index in [1.807, 2.05) is 0 Å². The average molecular weight is 232 g/mol. The van der Waals surface area contributed by atoms with Crippen molar-refractivity contribution >= 4 is 0 Å². The highest BCUT2D eigenvalue weighted by Gasteiger charge is 2.39. The molecule has 1 fully saturated rings. The molecule has 0 bridgehead atoms. The zero-order chi connectivity index (χ0) is 12.6. The summed E-state index contributed by atoms with van der Waals surface area (Å²) < 4.78 is 0. The van der Waals surface area contributed by atoms with Gasteiger partial charge in [-0.1, -0.05) is 58.4 Å². The molecule has 3 atom stereocenters. The van der Waals surface area contributed by atoms with E-state index in [4.69, 9.17) is 0 Å². The van der Waals surface area contributed by atoms with Gasteiger partial charge < -0.3 is 5.11 Å². The lowest BCUT2D eigenvalue weighted by molar-refractivity contribution is -0.000734. The van der Waals surface area contributed by atoms with Crippen LogP contribution in [0.25, 0.3) is 0 Å². The molecular weight excluding hydrogens is 208 g/mol. The maximum absolute atomic E-state index is 9.72. The van der Waals surface area contributed by atoms with Crippen LogP contribution in [0, 0.1) is 5.92 Å². The lowest BCUT2D eigenvalue weighted by Gasteiger charge is -2.41. The van der Waals surface area contributed by atoms with Gasteiger partial charge in [-0.05, 0) is 34.8 Å². The normalized spacial score (nSPS) is 28.9. The van der Waals surface area contributed by atoms with E-state index >= 15 is 0 Å². The van der Waals surface area contributed by atoms with Crippen molar-refractivity contribution in [3.63, 3.8) is 0 Å². The van der Waals surface area contributed by atoms with Gasteiger partial charge in [0.05, 0.1) is 6.10 Å². The number of hydrogen-bond donors (Lipinski definition) is 1. The largest absolute Gasteiger partial charge is 0.393 e. The van der Waals surface area contributed by atoms with Gasteiger partial charge in [0, 0.05) is 0 Å². The van der Waals surface area contributed by atoms with Crippen LogP contribution in [-0.2, 0) is 5.41 Å². The van der Waals surface area contributed by atoms with E-state index in [0.29, 0.717) is 11.8 Å². The van der Waals surface area contributed by atoms with Crippen LogP contribution >= 0.6 is 0 Å². The van der Waals surface area contributed by atoms with Crippen LogP contribution in [0.1, 0.15) is 57.6 Å². The number of aliphatic hydroxyl groups excluding tert-OH is 1. The van der Waals surface area contributed by atoms with Crippen molar-refractivity contribution in [2.45, 2.75) is 58.0 Å². The van der Waals surface area contributed by atoms with Crippen LogP contribution in [0.4, 0.5) is 0 Å². The second-order valence-corrected chi connectivity index (χ2v) is 6.35. The smallest absolute Gasteiger partial charge is 0.0580 e. The number of rotatable bonds is 2. The lowest BCUT2D eigenvalue weighted by Crippen LogP contribution is -2.39. The molecule has 1 heteroatoms. The zero-order valence-electron chi connectivity index (χ0n) is 11.4. The molecule has 3 unspecified atom stereocenters. The molecule has 0 heterocycles. The highest BCUT2D eigenvalue weighted by atomic mass is 16.3. The highest BCUT2D eigenvalue weighted by Crippen LogP contribution is 2.44. The maximum atomic E-state index is 9.72. The van der Waals surface area contributed by atoms with E-state index in [9.17, 15) is 5.11 Å². The molecule has 1 saturated carbocycles. The molecule has 94 valence electrons. The molecule has 0 aromatic heterocycles. The van der Waals surface area contributed by atoms with Gasteiger partial charge >= 0.3 is 0 Å². The van der Waals surface area contributed by atoms with E-state index in [1.54, 1.807) is 0 Å². The molecule has 1 aromatic rings. The van der Waals surface area contributed by atoms with E-state index in [-0.39, 0.29) is 11.5 Å². The maximum Gasteiger partial charge on any atom is 0.0580 e. The Morgan fingerprint density at radius 2 is 1.76 bits per heavy atom. The van der Waals surface area contributed by atoms with E-state index in [2.05, 4.69) is 52.0 Å². The summed E-state index contributed by atoms with van der Waals surface area (Å²) in [6.45, 7) is 8.89. The van der Waals surface area contributed by atoms with Gasteiger partial charge in [0.25, 0.3) is 0 Å². The van der Waals surface area contributed by atoms with E-state index < -0.39 is 0 Å². The molecule has 0 aliphatic heterocycles. The van der Waals surface area contributed by atoms with Crippen LogP contribution in [0.15, 0.2) is 24.3 Å². The van der Waals surface area contributed by atoms with Crippen molar-refractivity contribution in [1.82, 2.24) is 0 Å². The second kappa shape index (κ2) is 4.45. The van der Waals surface area contributed by atoms with Crippen molar-refractivity contribution in [2.24, 2.45) is 5.92 Å². The fraction of sp³-hybridized carbons (Fsp3) is 0.625. The van der Waals surface area contributed by atoms with Crippen molar-refractivity contribution in [1.29, 1.82) is 0 Å². The molecule has 1 aliphatic carbocycles. The van der Waals surface area contributed by atoms with Crippen molar-refractivity contribution in [2.75, 3.05) is 0 Å². The summed E-state index contributed by atoms with van der Waals surface area (Å²) in [7, 11) is 0. The molecule has 2 rings (SSSR count). The predicted molar refractivity (Wildman–Crippen MR) is 72.3 cm³/mol. The average Bonchev–Trinajstić information content (AvgIpc) is 2.25. The first-order chi connectivity index (χ1) is 7.93.